The fourth-order valence-electron chi connectivity index (χ4n) is 2.26. The number of aryl methyl sites for hydroxylation is 3. The van der Waals surface area contributed by atoms with Gasteiger partial charge in [0, 0.05) is 24.8 Å². The van der Waals surface area contributed by atoms with Gasteiger partial charge in [0.1, 0.15) is 0 Å². The molecular weight excluding hydrogens is 210 g/mol. The van der Waals surface area contributed by atoms with Crippen LogP contribution in [0.3, 0.4) is 0 Å². The smallest absolute Gasteiger partial charge is 0.0674 e. The van der Waals surface area contributed by atoms with Crippen molar-refractivity contribution in [2.75, 3.05) is 0 Å². The molecule has 0 amide bonds. The van der Waals surface area contributed by atoms with Crippen molar-refractivity contribution in [3.05, 3.63) is 40.7 Å². The number of hydrogen-bond donors (Lipinski definition) is 1. The van der Waals surface area contributed by atoms with Gasteiger partial charge in [0.2, 0.25) is 0 Å². The molecule has 0 atom stereocenters. The third-order valence-electron chi connectivity index (χ3n) is 3.26. The molecule has 0 aliphatic rings. The topological polar surface area (TPSA) is 43.8 Å². The number of hydrogen-bond acceptors (Lipinski definition) is 2. The van der Waals surface area contributed by atoms with E-state index >= 15 is 0 Å². The molecule has 2 rings (SSSR count). The lowest BCUT2D eigenvalue weighted by Gasteiger charge is -2.09. The van der Waals surface area contributed by atoms with E-state index in [4.69, 9.17) is 5.73 Å². The van der Waals surface area contributed by atoms with Gasteiger partial charge in [-0.3, -0.25) is 4.68 Å². The molecule has 1 aromatic heterocycles. The second-order valence-corrected chi connectivity index (χ2v) is 4.53. The summed E-state index contributed by atoms with van der Waals surface area (Å²) in [6.07, 6.45) is 0. The molecular formula is C14H19N3. The molecule has 0 saturated carbocycles. The standard InChI is InChI=1S/C14H19N3/c1-9-5-6-12(8-15)13(7-9)14-10(2)16-17(4)11(14)3/h5-7H,8,15H2,1-4H3. The van der Waals surface area contributed by atoms with E-state index in [0.717, 1.165) is 5.69 Å². The lowest BCUT2D eigenvalue weighted by molar-refractivity contribution is 0.731. The highest BCUT2D eigenvalue weighted by molar-refractivity contribution is 5.72. The van der Waals surface area contributed by atoms with Gasteiger partial charge in [-0.25, -0.2) is 0 Å². The van der Waals surface area contributed by atoms with E-state index in [0.29, 0.717) is 6.54 Å². The average Bonchev–Trinajstić information content (AvgIpc) is 2.53. The first kappa shape index (κ1) is 11.9. The molecule has 0 bridgehead atoms. The van der Waals surface area contributed by atoms with Crippen molar-refractivity contribution in [1.29, 1.82) is 0 Å². The average molecular weight is 229 g/mol. The van der Waals surface area contributed by atoms with E-state index in [1.807, 2.05) is 18.7 Å². The maximum absolute atomic E-state index is 5.82. The zero-order valence-corrected chi connectivity index (χ0v) is 10.9. The molecule has 2 aromatic rings. The van der Waals surface area contributed by atoms with Crippen LogP contribution < -0.4 is 5.73 Å². The number of rotatable bonds is 2. The first-order valence-corrected chi connectivity index (χ1v) is 5.84. The highest BCUT2D eigenvalue weighted by Crippen LogP contribution is 2.30. The largest absolute Gasteiger partial charge is 0.326 e. The Kier molecular flexibility index (Phi) is 3.03. The Morgan fingerprint density at radius 2 is 1.94 bits per heavy atom. The molecule has 1 heterocycles. The molecule has 3 nitrogen and oxygen atoms in total. The molecule has 1 aromatic carbocycles. The van der Waals surface area contributed by atoms with E-state index in [-0.39, 0.29) is 0 Å². The second-order valence-electron chi connectivity index (χ2n) is 4.53. The van der Waals surface area contributed by atoms with Gasteiger partial charge in [0.15, 0.2) is 0 Å². The van der Waals surface area contributed by atoms with Gasteiger partial charge < -0.3 is 5.73 Å². The van der Waals surface area contributed by atoms with Gasteiger partial charge in [-0.15, -0.1) is 0 Å². The van der Waals surface area contributed by atoms with Crippen molar-refractivity contribution >= 4 is 0 Å². The summed E-state index contributed by atoms with van der Waals surface area (Å²) in [5, 5.41) is 4.47. The molecule has 90 valence electrons. The molecule has 0 aliphatic carbocycles. The van der Waals surface area contributed by atoms with E-state index < -0.39 is 0 Å². The van der Waals surface area contributed by atoms with Crippen molar-refractivity contribution < 1.29 is 0 Å². The Balaban J connectivity index is 2.71. The lowest BCUT2D eigenvalue weighted by Crippen LogP contribution is -2.00. The van der Waals surface area contributed by atoms with E-state index in [2.05, 4.69) is 37.1 Å². The van der Waals surface area contributed by atoms with Crippen molar-refractivity contribution in [1.82, 2.24) is 9.78 Å². The zero-order chi connectivity index (χ0) is 12.6. The number of nitrogens with zero attached hydrogens (tertiary/aromatic N) is 2. The number of benzene rings is 1. The second kappa shape index (κ2) is 4.34. The predicted octanol–water partition coefficient (Wildman–Crippen LogP) is 2.47. The minimum absolute atomic E-state index is 0.559. The molecule has 0 spiro atoms. The van der Waals surface area contributed by atoms with Crippen molar-refractivity contribution in [2.24, 2.45) is 12.8 Å². The third kappa shape index (κ3) is 1.98. The SMILES string of the molecule is Cc1ccc(CN)c(-c2c(C)nn(C)c2C)c1. The van der Waals surface area contributed by atoms with E-state index in [9.17, 15) is 0 Å². The summed E-state index contributed by atoms with van der Waals surface area (Å²) in [4.78, 5) is 0. The van der Waals surface area contributed by atoms with Crippen LogP contribution in [0.5, 0.6) is 0 Å². The quantitative estimate of drug-likeness (QED) is 0.859. The minimum Gasteiger partial charge on any atom is -0.326 e. The molecule has 2 N–H and O–H groups in total. The fraction of sp³-hybridized carbons (Fsp3) is 0.357. The van der Waals surface area contributed by atoms with Crippen LogP contribution in [0.4, 0.5) is 0 Å². The highest BCUT2D eigenvalue weighted by atomic mass is 15.3. The molecule has 0 unspecified atom stereocenters. The van der Waals surface area contributed by atoms with Crippen LogP contribution in [0, 0.1) is 20.8 Å². The van der Waals surface area contributed by atoms with Crippen LogP contribution >= 0.6 is 0 Å². The van der Waals surface area contributed by atoms with Crippen LogP contribution in [0.15, 0.2) is 18.2 Å². The molecule has 0 aliphatic heterocycles. The minimum atomic E-state index is 0.559. The van der Waals surface area contributed by atoms with Crippen LogP contribution in [0.2, 0.25) is 0 Å². The van der Waals surface area contributed by atoms with Crippen molar-refractivity contribution in [3.8, 4) is 11.1 Å². The van der Waals surface area contributed by atoms with Gasteiger partial charge in [-0.1, -0.05) is 23.8 Å². The summed E-state index contributed by atoms with van der Waals surface area (Å²) in [6.45, 7) is 6.80. The summed E-state index contributed by atoms with van der Waals surface area (Å²) in [5.74, 6) is 0. The van der Waals surface area contributed by atoms with Gasteiger partial charge in [0.05, 0.1) is 5.69 Å². The molecule has 3 heteroatoms. The molecule has 0 saturated heterocycles. The van der Waals surface area contributed by atoms with Crippen LogP contribution in [-0.4, -0.2) is 9.78 Å². The van der Waals surface area contributed by atoms with Gasteiger partial charge in [-0.05, 0) is 31.9 Å². The van der Waals surface area contributed by atoms with Crippen molar-refractivity contribution in [2.45, 2.75) is 27.3 Å². The Morgan fingerprint density at radius 3 is 2.47 bits per heavy atom. The maximum Gasteiger partial charge on any atom is 0.0674 e. The number of nitrogens with two attached hydrogens (primary N) is 1. The maximum atomic E-state index is 5.82. The highest BCUT2D eigenvalue weighted by Gasteiger charge is 2.14. The summed E-state index contributed by atoms with van der Waals surface area (Å²) in [7, 11) is 1.98. The summed E-state index contributed by atoms with van der Waals surface area (Å²) < 4.78 is 1.92. The summed E-state index contributed by atoms with van der Waals surface area (Å²) >= 11 is 0. The van der Waals surface area contributed by atoms with Crippen molar-refractivity contribution in [3.63, 3.8) is 0 Å². The number of aromatic nitrogens is 2. The summed E-state index contributed by atoms with van der Waals surface area (Å²) in [6, 6.07) is 6.41. The lowest BCUT2D eigenvalue weighted by atomic mass is 9.96. The van der Waals surface area contributed by atoms with Crippen LogP contribution in [-0.2, 0) is 13.6 Å². The van der Waals surface area contributed by atoms with E-state index in [1.54, 1.807) is 0 Å². The van der Waals surface area contributed by atoms with Gasteiger partial charge >= 0.3 is 0 Å². The first-order chi connectivity index (χ1) is 8.04. The predicted molar refractivity (Wildman–Crippen MR) is 70.7 cm³/mol. The first-order valence-electron chi connectivity index (χ1n) is 5.84. The normalized spacial score (nSPS) is 10.9. The zero-order valence-electron chi connectivity index (χ0n) is 10.9. The van der Waals surface area contributed by atoms with Gasteiger partial charge in [0.25, 0.3) is 0 Å². The van der Waals surface area contributed by atoms with E-state index in [1.165, 1.54) is 27.9 Å². The third-order valence-corrected chi connectivity index (χ3v) is 3.26. The Hall–Kier alpha value is -1.61. The molecule has 0 fully saturated rings. The molecule has 0 radical (unpaired) electrons. The van der Waals surface area contributed by atoms with Gasteiger partial charge in [-0.2, -0.15) is 5.10 Å². The summed E-state index contributed by atoms with van der Waals surface area (Å²) in [5.41, 5.74) is 12.9. The Labute approximate surface area is 102 Å². The Bertz CT molecular complexity index is 553. The Morgan fingerprint density at radius 1 is 1.24 bits per heavy atom. The van der Waals surface area contributed by atoms with Crippen LogP contribution in [0.1, 0.15) is 22.5 Å². The fourth-order valence-corrected chi connectivity index (χ4v) is 2.26. The molecule has 17 heavy (non-hydrogen) atoms. The van der Waals surface area contributed by atoms with Crippen LogP contribution in [0.25, 0.3) is 11.1 Å². The monoisotopic (exact) mass is 229 g/mol.